The third kappa shape index (κ3) is 3.15. The van der Waals surface area contributed by atoms with Crippen molar-refractivity contribution < 1.29 is 4.52 Å². The molecule has 1 unspecified atom stereocenters. The molecule has 1 spiro atoms. The Bertz CT molecular complexity index is 1090. The third-order valence-corrected chi connectivity index (χ3v) is 6.87. The van der Waals surface area contributed by atoms with Crippen LogP contribution >= 0.6 is 0 Å². The summed E-state index contributed by atoms with van der Waals surface area (Å²) in [5, 5.41) is 13.0. The normalized spacial score (nSPS) is 19.4. The fraction of sp³-hybridized carbons (Fsp3) is 0.458. The van der Waals surface area contributed by atoms with Gasteiger partial charge >= 0.3 is 0 Å². The minimum Gasteiger partial charge on any atom is -0.359 e. The number of hydrogen-bond acceptors (Lipinski definition) is 5. The summed E-state index contributed by atoms with van der Waals surface area (Å²) < 4.78 is 7.67. The van der Waals surface area contributed by atoms with Crippen LogP contribution in [0.2, 0.25) is 0 Å². The second-order valence-corrected chi connectivity index (χ2v) is 9.40. The highest BCUT2D eigenvalue weighted by Crippen LogP contribution is 2.47. The monoisotopic (exact) mass is 403 g/mol. The van der Waals surface area contributed by atoms with Gasteiger partial charge in [-0.3, -0.25) is 0 Å². The van der Waals surface area contributed by atoms with Crippen LogP contribution in [-0.2, 0) is 0 Å². The van der Waals surface area contributed by atoms with Crippen LogP contribution in [0.3, 0.4) is 0 Å². The Hall–Kier alpha value is -2.89. The van der Waals surface area contributed by atoms with Crippen LogP contribution in [0.5, 0.6) is 0 Å². The Morgan fingerprint density at radius 3 is 2.63 bits per heavy atom. The van der Waals surface area contributed by atoms with E-state index in [1.54, 1.807) is 0 Å². The van der Waals surface area contributed by atoms with Crippen molar-refractivity contribution in [3.63, 3.8) is 0 Å². The van der Waals surface area contributed by atoms with Gasteiger partial charge in [0.15, 0.2) is 5.82 Å². The number of fused-ring (bicyclic) bond motifs is 1. The van der Waals surface area contributed by atoms with Crippen LogP contribution in [0.25, 0.3) is 16.7 Å². The standard InChI is InChI=1S/C24H29N5O/c1-16(2)23(18(4)29-20-8-6-5-7-19(20)25-27-29)21-13-22(26-30-21)28-14-24(15-28)11-9-17(3)10-12-24/h5-8,13,16,23H,3-4,9-12,14-15H2,1-2H3. The van der Waals surface area contributed by atoms with E-state index in [0.29, 0.717) is 5.41 Å². The van der Waals surface area contributed by atoms with Crippen molar-refractivity contribution in [2.24, 2.45) is 11.3 Å². The van der Waals surface area contributed by atoms with Crippen molar-refractivity contribution in [1.82, 2.24) is 20.2 Å². The van der Waals surface area contributed by atoms with Crippen molar-refractivity contribution in [1.29, 1.82) is 0 Å². The van der Waals surface area contributed by atoms with E-state index in [4.69, 9.17) is 4.52 Å². The van der Waals surface area contributed by atoms with Gasteiger partial charge in [-0.1, -0.05) is 55.1 Å². The third-order valence-electron chi connectivity index (χ3n) is 6.87. The Kier molecular flexibility index (Phi) is 4.53. The molecular formula is C24H29N5O. The molecule has 1 saturated heterocycles. The predicted octanol–water partition coefficient (Wildman–Crippen LogP) is 5.27. The molecule has 156 valence electrons. The van der Waals surface area contributed by atoms with Gasteiger partial charge in [-0.15, -0.1) is 5.10 Å². The van der Waals surface area contributed by atoms with E-state index in [1.807, 2.05) is 28.9 Å². The molecule has 1 aliphatic heterocycles. The Morgan fingerprint density at radius 2 is 1.90 bits per heavy atom. The lowest BCUT2D eigenvalue weighted by Crippen LogP contribution is -2.57. The lowest BCUT2D eigenvalue weighted by atomic mass is 9.67. The maximum Gasteiger partial charge on any atom is 0.172 e. The zero-order chi connectivity index (χ0) is 20.9. The molecule has 5 rings (SSSR count). The summed E-state index contributed by atoms with van der Waals surface area (Å²) in [4.78, 5) is 2.34. The first-order valence-electron chi connectivity index (χ1n) is 10.8. The zero-order valence-electron chi connectivity index (χ0n) is 17.8. The number of rotatable bonds is 5. The Labute approximate surface area is 177 Å². The summed E-state index contributed by atoms with van der Waals surface area (Å²) in [7, 11) is 0. The van der Waals surface area contributed by atoms with Gasteiger partial charge in [-0.25, -0.2) is 4.68 Å². The van der Waals surface area contributed by atoms with E-state index >= 15 is 0 Å². The average molecular weight is 404 g/mol. The summed E-state index contributed by atoms with van der Waals surface area (Å²) >= 11 is 0. The maximum absolute atomic E-state index is 5.84. The number of aromatic nitrogens is 4. The summed E-state index contributed by atoms with van der Waals surface area (Å²) in [6, 6.07) is 10.0. The molecule has 1 aromatic carbocycles. The molecule has 0 radical (unpaired) electrons. The number of nitrogens with zero attached hydrogens (tertiary/aromatic N) is 5. The van der Waals surface area contributed by atoms with Gasteiger partial charge < -0.3 is 9.42 Å². The molecule has 3 heterocycles. The van der Waals surface area contributed by atoms with E-state index in [2.05, 4.69) is 53.4 Å². The minimum absolute atomic E-state index is 0.0235. The molecule has 1 aliphatic carbocycles. The lowest BCUT2D eigenvalue weighted by molar-refractivity contribution is 0.157. The van der Waals surface area contributed by atoms with Crippen molar-refractivity contribution in [3.8, 4) is 0 Å². The number of para-hydroxylation sites is 1. The molecule has 6 heteroatoms. The molecule has 0 bridgehead atoms. The molecule has 0 amide bonds. The van der Waals surface area contributed by atoms with Gasteiger partial charge in [0, 0.05) is 30.3 Å². The van der Waals surface area contributed by atoms with Crippen molar-refractivity contribution >= 4 is 22.5 Å². The highest BCUT2D eigenvalue weighted by Gasteiger charge is 2.45. The van der Waals surface area contributed by atoms with Crippen LogP contribution in [-0.4, -0.2) is 33.2 Å². The quantitative estimate of drug-likeness (QED) is 0.543. The second-order valence-electron chi connectivity index (χ2n) is 9.40. The summed E-state index contributed by atoms with van der Waals surface area (Å²) in [6.45, 7) is 15.0. The van der Waals surface area contributed by atoms with E-state index in [1.165, 1.54) is 31.3 Å². The van der Waals surface area contributed by atoms with Gasteiger partial charge in [0.1, 0.15) is 11.3 Å². The summed E-state index contributed by atoms with van der Waals surface area (Å²) in [5.41, 5.74) is 4.52. The maximum atomic E-state index is 5.84. The smallest absolute Gasteiger partial charge is 0.172 e. The molecule has 0 N–H and O–H groups in total. The Morgan fingerprint density at radius 1 is 1.17 bits per heavy atom. The van der Waals surface area contributed by atoms with Crippen LogP contribution in [0.15, 0.2) is 53.6 Å². The summed E-state index contributed by atoms with van der Waals surface area (Å²) in [6.07, 6.45) is 4.83. The second kappa shape index (κ2) is 7.11. The molecule has 30 heavy (non-hydrogen) atoms. The number of allylic oxidation sites excluding steroid dienone is 2. The minimum atomic E-state index is -0.0235. The molecule has 3 aromatic rings. The van der Waals surface area contributed by atoms with Crippen molar-refractivity contribution in [2.75, 3.05) is 18.0 Å². The topological polar surface area (TPSA) is 60.0 Å². The molecule has 6 nitrogen and oxygen atoms in total. The van der Waals surface area contributed by atoms with Crippen molar-refractivity contribution in [3.05, 3.63) is 54.8 Å². The molecule has 1 saturated carbocycles. The fourth-order valence-electron chi connectivity index (χ4n) is 5.04. The number of anilines is 1. The van der Waals surface area contributed by atoms with Gasteiger partial charge in [-0.05, 0) is 43.7 Å². The van der Waals surface area contributed by atoms with Crippen LogP contribution in [0.4, 0.5) is 5.82 Å². The van der Waals surface area contributed by atoms with E-state index < -0.39 is 0 Å². The highest BCUT2D eigenvalue weighted by molar-refractivity contribution is 5.78. The molecule has 2 aliphatic rings. The highest BCUT2D eigenvalue weighted by atomic mass is 16.5. The predicted molar refractivity (Wildman–Crippen MR) is 119 cm³/mol. The lowest BCUT2D eigenvalue weighted by Gasteiger charge is -2.52. The van der Waals surface area contributed by atoms with Crippen molar-refractivity contribution in [2.45, 2.75) is 45.4 Å². The van der Waals surface area contributed by atoms with E-state index in [0.717, 1.165) is 41.4 Å². The first-order valence-corrected chi connectivity index (χ1v) is 10.8. The van der Waals surface area contributed by atoms with Gasteiger partial charge in [-0.2, -0.15) is 0 Å². The molecule has 1 atom stereocenters. The molecule has 2 fully saturated rings. The van der Waals surface area contributed by atoms with Crippen LogP contribution in [0.1, 0.15) is 51.2 Å². The van der Waals surface area contributed by atoms with E-state index in [9.17, 15) is 0 Å². The Balaban J connectivity index is 1.36. The zero-order valence-corrected chi connectivity index (χ0v) is 17.8. The largest absolute Gasteiger partial charge is 0.359 e. The van der Waals surface area contributed by atoms with Gasteiger partial charge in [0.25, 0.3) is 0 Å². The first-order chi connectivity index (χ1) is 14.5. The molecule has 2 aromatic heterocycles. The first kappa shape index (κ1) is 19.1. The van der Waals surface area contributed by atoms with Crippen LogP contribution < -0.4 is 4.90 Å². The SMILES string of the molecule is C=C1CCC2(CC1)CN(c1cc(C(C(=C)n3nnc4ccccc43)C(C)C)on1)C2. The average Bonchev–Trinajstić information content (AvgIpc) is 3.34. The number of benzene rings is 1. The summed E-state index contributed by atoms with van der Waals surface area (Å²) in [5.74, 6) is 2.03. The fourth-order valence-corrected chi connectivity index (χ4v) is 5.04. The van der Waals surface area contributed by atoms with Gasteiger partial charge in [0.05, 0.1) is 11.4 Å². The van der Waals surface area contributed by atoms with E-state index in [-0.39, 0.29) is 11.8 Å². The van der Waals surface area contributed by atoms with Crippen LogP contribution in [0, 0.1) is 11.3 Å². The molecular weight excluding hydrogens is 374 g/mol. The number of hydrogen-bond donors (Lipinski definition) is 0. The van der Waals surface area contributed by atoms with Gasteiger partial charge in [0.2, 0.25) is 0 Å².